The molecule has 5 atom stereocenters. The lowest BCUT2D eigenvalue weighted by atomic mass is 9.99. The maximum atomic E-state index is 9.27. The molecule has 5 heteroatoms. The summed E-state index contributed by atoms with van der Waals surface area (Å²) in [6, 6.07) is -0.167. The highest BCUT2D eigenvalue weighted by molar-refractivity contribution is 4.88. The summed E-state index contributed by atoms with van der Waals surface area (Å²) >= 11 is 0. The zero-order valence-electron chi connectivity index (χ0n) is 7.55. The first-order valence-corrected chi connectivity index (χ1v) is 4.53. The zero-order chi connectivity index (χ0) is 9.42. The predicted molar refractivity (Wildman–Crippen MR) is 43.8 cm³/mol. The van der Waals surface area contributed by atoms with Crippen LogP contribution in [0.2, 0.25) is 0 Å². The highest BCUT2D eigenvalue weighted by Gasteiger charge is 2.41. The van der Waals surface area contributed by atoms with Crippen molar-refractivity contribution in [3.8, 4) is 0 Å². The molecule has 3 N–H and O–H groups in total. The van der Waals surface area contributed by atoms with Crippen molar-refractivity contribution in [3.05, 3.63) is 0 Å². The average Bonchev–Trinajstić information content (AvgIpc) is 2.06. The van der Waals surface area contributed by atoms with Gasteiger partial charge in [0, 0.05) is 12.5 Å². The van der Waals surface area contributed by atoms with Crippen molar-refractivity contribution in [2.24, 2.45) is 5.73 Å². The Morgan fingerprint density at radius 3 is 2.92 bits per heavy atom. The molecule has 0 amide bonds. The Labute approximate surface area is 76.8 Å². The smallest absolute Gasteiger partial charge is 0.156 e. The Bertz CT molecular complexity index is 189. The summed E-state index contributed by atoms with van der Waals surface area (Å²) in [6.07, 6.45) is -0.960. The summed E-state index contributed by atoms with van der Waals surface area (Å²) < 4.78 is 15.9. The van der Waals surface area contributed by atoms with Crippen LogP contribution in [-0.2, 0) is 14.2 Å². The van der Waals surface area contributed by atoms with Gasteiger partial charge in [-0.2, -0.15) is 0 Å². The molecule has 5 nitrogen and oxygen atoms in total. The van der Waals surface area contributed by atoms with Gasteiger partial charge < -0.3 is 25.1 Å². The van der Waals surface area contributed by atoms with E-state index in [1.54, 1.807) is 0 Å². The van der Waals surface area contributed by atoms with Gasteiger partial charge in [-0.15, -0.1) is 0 Å². The minimum atomic E-state index is -0.781. The van der Waals surface area contributed by atoms with Gasteiger partial charge in [-0.05, 0) is 6.92 Å². The van der Waals surface area contributed by atoms with E-state index in [9.17, 15) is 5.11 Å². The largest absolute Gasteiger partial charge is 0.368 e. The van der Waals surface area contributed by atoms with Gasteiger partial charge in [-0.1, -0.05) is 0 Å². The molecule has 76 valence electrons. The van der Waals surface area contributed by atoms with Crippen molar-refractivity contribution < 1.29 is 19.3 Å². The zero-order valence-corrected chi connectivity index (χ0v) is 7.55. The van der Waals surface area contributed by atoms with Crippen LogP contribution < -0.4 is 5.73 Å². The summed E-state index contributed by atoms with van der Waals surface area (Å²) in [5.74, 6) is 0. The summed E-state index contributed by atoms with van der Waals surface area (Å²) in [5.41, 5.74) is 5.82. The molecule has 2 heterocycles. The highest BCUT2D eigenvalue weighted by Crippen LogP contribution is 2.25. The third-order valence-corrected chi connectivity index (χ3v) is 2.44. The van der Waals surface area contributed by atoms with Crippen LogP contribution in [0.5, 0.6) is 0 Å². The lowest BCUT2D eigenvalue weighted by Gasteiger charge is -2.42. The average molecular weight is 189 g/mol. The second-order valence-corrected chi connectivity index (χ2v) is 3.53. The monoisotopic (exact) mass is 189 g/mol. The fourth-order valence-electron chi connectivity index (χ4n) is 1.79. The molecule has 2 aliphatic rings. The first-order valence-electron chi connectivity index (χ1n) is 4.53. The summed E-state index contributed by atoms with van der Waals surface area (Å²) in [6.45, 7) is 2.27. The Morgan fingerprint density at radius 2 is 2.15 bits per heavy atom. The fourth-order valence-corrected chi connectivity index (χ4v) is 1.79. The van der Waals surface area contributed by atoms with E-state index < -0.39 is 6.29 Å². The van der Waals surface area contributed by atoms with E-state index in [4.69, 9.17) is 19.9 Å². The number of ether oxygens (including phenoxy) is 3. The third-order valence-electron chi connectivity index (χ3n) is 2.44. The molecule has 0 aromatic carbocycles. The number of hydrogen-bond donors (Lipinski definition) is 2. The van der Waals surface area contributed by atoms with Gasteiger partial charge in [0.2, 0.25) is 0 Å². The Hall–Kier alpha value is -0.200. The van der Waals surface area contributed by atoms with Crippen LogP contribution in [0, 0.1) is 0 Å². The second-order valence-electron chi connectivity index (χ2n) is 3.53. The molecule has 1 unspecified atom stereocenters. The lowest BCUT2D eigenvalue weighted by Crippen LogP contribution is -2.58. The lowest BCUT2D eigenvalue weighted by molar-refractivity contribution is -0.305. The maximum absolute atomic E-state index is 9.27. The number of aliphatic hydroxyl groups is 1. The van der Waals surface area contributed by atoms with Crippen LogP contribution in [0.4, 0.5) is 0 Å². The van der Waals surface area contributed by atoms with E-state index in [1.165, 1.54) is 0 Å². The predicted octanol–water partition coefficient (Wildman–Crippen LogP) is -0.818. The van der Waals surface area contributed by atoms with Crippen LogP contribution >= 0.6 is 0 Å². The van der Waals surface area contributed by atoms with Crippen molar-refractivity contribution in [2.45, 2.75) is 44.2 Å². The summed E-state index contributed by atoms with van der Waals surface area (Å²) in [7, 11) is 0. The number of aliphatic hydroxyl groups excluding tert-OH is 1. The van der Waals surface area contributed by atoms with E-state index in [0.29, 0.717) is 13.0 Å². The van der Waals surface area contributed by atoms with Crippen LogP contribution in [0.25, 0.3) is 0 Å². The molecule has 0 saturated carbocycles. The first kappa shape index (κ1) is 9.36. The van der Waals surface area contributed by atoms with Crippen LogP contribution in [0.15, 0.2) is 0 Å². The molecular formula is C8H15NO4. The van der Waals surface area contributed by atoms with E-state index >= 15 is 0 Å². The van der Waals surface area contributed by atoms with Crippen molar-refractivity contribution in [1.82, 2.24) is 0 Å². The Balaban J connectivity index is 2.02. The molecule has 2 fully saturated rings. The Morgan fingerprint density at radius 1 is 1.38 bits per heavy atom. The van der Waals surface area contributed by atoms with Crippen molar-refractivity contribution in [3.63, 3.8) is 0 Å². The van der Waals surface area contributed by atoms with Gasteiger partial charge in [0.25, 0.3) is 0 Å². The van der Waals surface area contributed by atoms with Crippen LogP contribution in [0.1, 0.15) is 13.3 Å². The normalized spacial score (nSPS) is 51.5. The van der Waals surface area contributed by atoms with Gasteiger partial charge in [-0.3, -0.25) is 0 Å². The maximum Gasteiger partial charge on any atom is 0.156 e. The molecule has 0 aliphatic carbocycles. The molecule has 13 heavy (non-hydrogen) atoms. The molecule has 2 rings (SSSR count). The third kappa shape index (κ3) is 1.84. The topological polar surface area (TPSA) is 73.9 Å². The number of fused-ring (bicyclic) bond motifs is 1. The molecule has 0 radical (unpaired) electrons. The van der Waals surface area contributed by atoms with E-state index in [2.05, 4.69) is 0 Å². The van der Waals surface area contributed by atoms with E-state index in [0.717, 1.165) is 0 Å². The fraction of sp³-hybridized carbons (Fsp3) is 1.00. The minimum Gasteiger partial charge on any atom is -0.368 e. The van der Waals surface area contributed by atoms with E-state index in [1.807, 2.05) is 6.92 Å². The second kappa shape index (κ2) is 3.51. The highest BCUT2D eigenvalue weighted by atomic mass is 16.7. The summed E-state index contributed by atoms with van der Waals surface area (Å²) in [5, 5.41) is 9.27. The van der Waals surface area contributed by atoms with Gasteiger partial charge in [-0.25, -0.2) is 0 Å². The van der Waals surface area contributed by atoms with Crippen LogP contribution in [0.3, 0.4) is 0 Å². The van der Waals surface area contributed by atoms with Gasteiger partial charge in [0.1, 0.15) is 12.2 Å². The first-order chi connectivity index (χ1) is 6.16. The summed E-state index contributed by atoms with van der Waals surface area (Å²) in [4.78, 5) is 0. The molecular weight excluding hydrogens is 174 g/mol. The quantitative estimate of drug-likeness (QED) is 0.521. The number of hydrogen-bond acceptors (Lipinski definition) is 5. The van der Waals surface area contributed by atoms with Gasteiger partial charge in [0.05, 0.1) is 6.61 Å². The number of rotatable bonds is 0. The Kier molecular flexibility index (Phi) is 2.53. The van der Waals surface area contributed by atoms with Crippen LogP contribution in [-0.4, -0.2) is 42.5 Å². The van der Waals surface area contributed by atoms with Crippen molar-refractivity contribution in [1.29, 1.82) is 0 Å². The standard InChI is InChI=1S/C8H15NO4/c1-4-11-3-6-8(12-4)5(9)2-7(10)13-6/h4-8,10H,2-3,9H2,1H3/t4?,5-,6+,7+,8-/m0/s1. The minimum absolute atomic E-state index is 0.146. The van der Waals surface area contributed by atoms with E-state index in [-0.39, 0.29) is 24.5 Å². The van der Waals surface area contributed by atoms with Crippen molar-refractivity contribution in [2.75, 3.05) is 6.61 Å². The molecule has 2 aliphatic heterocycles. The number of nitrogens with two attached hydrogens (primary N) is 1. The SMILES string of the molecule is CC1OC[C@H]2O[C@@H](O)C[C@H](N)[C@@H]2O1. The molecule has 0 aromatic heterocycles. The molecule has 2 saturated heterocycles. The van der Waals surface area contributed by atoms with Gasteiger partial charge >= 0.3 is 0 Å². The molecule has 0 bridgehead atoms. The van der Waals surface area contributed by atoms with Gasteiger partial charge in [0.15, 0.2) is 12.6 Å². The molecule has 0 aromatic rings. The molecule has 0 spiro atoms. The van der Waals surface area contributed by atoms with Crippen molar-refractivity contribution >= 4 is 0 Å².